The third kappa shape index (κ3) is 6.55. The van der Waals surface area contributed by atoms with Crippen LogP contribution in [0, 0.1) is 0 Å². The fourth-order valence-electron chi connectivity index (χ4n) is 4.24. The fourth-order valence-corrected chi connectivity index (χ4v) is 4.24. The number of aromatic nitrogens is 2. The van der Waals surface area contributed by atoms with Gasteiger partial charge in [-0.3, -0.25) is 9.69 Å². The van der Waals surface area contributed by atoms with E-state index in [1.54, 1.807) is 6.33 Å². The van der Waals surface area contributed by atoms with Crippen LogP contribution in [-0.4, -0.2) is 72.1 Å². The molecule has 0 bridgehead atoms. The van der Waals surface area contributed by atoms with Crippen molar-refractivity contribution in [2.75, 3.05) is 57.0 Å². The number of hydrogen-bond acceptors (Lipinski definition) is 7. The molecule has 1 atom stereocenters. The van der Waals surface area contributed by atoms with E-state index in [0.717, 1.165) is 55.6 Å². The summed E-state index contributed by atoms with van der Waals surface area (Å²) in [5.74, 6) is 0.981. The predicted octanol–water partition coefficient (Wildman–Crippen LogP) is 3.94. The molecule has 8 heteroatoms. The van der Waals surface area contributed by atoms with Crippen molar-refractivity contribution >= 4 is 28.3 Å². The normalized spacial score (nSPS) is 15.8. The monoisotopic (exact) mass is 474 g/mol. The molecule has 2 heterocycles. The van der Waals surface area contributed by atoms with Gasteiger partial charge >= 0.3 is 0 Å². The van der Waals surface area contributed by atoms with Crippen LogP contribution in [-0.2, 0) is 4.79 Å². The summed E-state index contributed by atoms with van der Waals surface area (Å²) in [4.78, 5) is 25.9. The van der Waals surface area contributed by atoms with Gasteiger partial charge < -0.3 is 20.3 Å². The maximum atomic E-state index is 12.2. The Hall–Kier alpha value is -3.49. The van der Waals surface area contributed by atoms with E-state index in [4.69, 9.17) is 4.74 Å². The number of likely N-dealkylation sites (N-methyl/N-ethyl adjacent to an activating group) is 1. The van der Waals surface area contributed by atoms with Crippen LogP contribution in [0.2, 0.25) is 0 Å². The van der Waals surface area contributed by atoms with Gasteiger partial charge in [-0.05, 0) is 51.2 Å². The Bertz CT molecular complexity index is 1150. The fraction of sp³-hybridized carbons (Fsp3) is 0.370. The van der Waals surface area contributed by atoms with E-state index in [-0.39, 0.29) is 11.9 Å². The zero-order valence-corrected chi connectivity index (χ0v) is 20.5. The summed E-state index contributed by atoms with van der Waals surface area (Å²) in [6.07, 6.45) is 3.95. The van der Waals surface area contributed by atoms with E-state index in [0.29, 0.717) is 23.9 Å². The van der Waals surface area contributed by atoms with Crippen LogP contribution < -0.4 is 15.4 Å². The molecule has 3 aromatic rings. The van der Waals surface area contributed by atoms with Gasteiger partial charge in [0.25, 0.3) is 0 Å². The lowest BCUT2D eigenvalue weighted by Crippen LogP contribution is -2.32. The number of nitrogens with zero attached hydrogens (tertiary/aromatic N) is 4. The van der Waals surface area contributed by atoms with Crippen LogP contribution in [0.4, 0.5) is 11.5 Å². The Morgan fingerprint density at radius 2 is 2.00 bits per heavy atom. The van der Waals surface area contributed by atoms with Crippen molar-refractivity contribution in [3.05, 3.63) is 67.0 Å². The van der Waals surface area contributed by atoms with Gasteiger partial charge in [0.2, 0.25) is 5.91 Å². The molecule has 0 radical (unpaired) electrons. The smallest absolute Gasteiger partial charge is 0.247 e. The number of carbonyl (C=O) groups excluding carboxylic acids is 1. The number of ether oxygens (including phenoxy) is 1. The molecule has 35 heavy (non-hydrogen) atoms. The third-order valence-electron chi connectivity index (χ3n) is 6.31. The van der Waals surface area contributed by atoms with Crippen LogP contribution in [0.1, 0.15) is 24.9 Å². The molecule has 1 amide bonds. The zero-order chi connectivity index (χ0) is 24.6. The van der Waals surface area contributed by atoms with E-state index in [1.807, 2.05) is 30.3 Å². The number of amides is 1. The molecule has 8 nitrogen and oxygen atoms in total. The Kier molecular flexibility index (Phi) is 8.28. The van der Waals surface area contributed by atoms with Gasteiger partial charge in [0.15, 0.2) is 0 Å². The van der Waals surface area contributed by atoms with Crippen molar-refractivity contribution < 1.29 is 9.53 Å². The van der Waals surface area contributed by atoms with Gasteiger partial charge in [-0.15, -0.1) is 0 Å². The molecule has 1 aromatic heterocycles. The number of hydrogen-bond donors (Lipinski definition) is 2. The molecule has 184 valence electrons. The lowest BCUT2D eigenvalue weighted by Gasteiger charge is -2.21. The predicted molar refractivity (Wildman–Crippen MR) is 141 cm³/mol. The largest absolute Gasteiger partial charge is 0.490 e. The SMILES string of the molecule is C=CC(=O)Nc1cc2c(N[C@H](C)c3ccccc3)ncnc2cc1OCCN1CCCN(C)CC1. The van der Waals surface area contributed by atoms with Crippen molar-refractivity contribution in [3.63, 3.8) is 0 Å². The lowest BCUT2D eigenvalue weighted by atomic mass is 10.1. The van der Waals surface area contributed by atoms with Crippen LogP contribution in [0.25, 0.3) is 10.9 Å². The average Bonchev–Trinajstić information content (AvgIpc) is 3.09. The topological polar surface area (TPSA) is 82.6 Å². The summed E-state index contributed by atoms with van der Waals surface area (Å²) >= 11 is 0. The van der Waals surface area contributed by atoms with E-state index < -0.39 is 0 Å². The van der Waals surface area contributed by atoms with Gasteiger partial charge in [0.05, 0.1) is 11.2 Å². The van der Waals surface area contributed by atoms with E-state index in [9.17, 15) is 4.79 Å². The van der Waals surface area contributed by atoms with Gasteiger partial charge in [0.1, 0.15) is 24.5 Å². The van der Waals surface area contributed by atoms with Crippen molar-refractivity contribution in [2.24, 2.45) is 0 Å². The molecule has 1 aliphatic rings. The Labute approximate surface area is 207 Å². The van der Waals surface area contributed by atoms with E-state index in [2.05, 4.69) is 63.1 Å². The minimum atomic E-state index is -0.297. The quantitative estimate of drug-likeness (QED) is 0.455. The van der Waals surface area contributed by atoms with Gasteiger partial charge in [-0.25, -0.2) is 9.97 Å². The molecular weight excluding hydrogens is 440 g/mol. The Morgan fingerprint density at radius 3 is 2.80 bits per heavy atom. The third-order valence-corrected chi connectivity index (χ3v) is 6.31. The van der Waals surface area contributed by atoms with Crippen LogP contribution in [0.5, 0.6) is 5.75 Å². The first kappa shape index (κ1) is 24.6. The average molecular weight is 475 g/mol. The van der Waals surface area contributed by atoms with E-state index in [1.165, 1.54) is 6.08 Å². The second kappa shape index (κ2) is 11.8. The first-order valence-corrected chi connectivity index (χ1v) is 12.1. The van der Waals surface area contributed by atoms with Crippen molar-refractivity contribution in [3.8, 4) is 5.75 Å². The molecule has 1 fully saturated rings. The van der Waals surface area contributed by atoms with Crippen LogP contribution in [0.15, 0.2) is 61.4 Å². The zero-order valence-electron chi connectivity index (χ0n) is 20.5. The lowest BCUT2D eigenvalue weighted by molar-refractivity contribution is -0.111. The summed E-state index contributed by atoms with van der Waals surface area (Å²) in [6.45, 7) is 11.3. The van der Waals surface area contributed by atoms with Gasteiger partial charge in [-0.2, -0.15) is 0 Å². The molecule has 0 saturated carbocycles. The molecular formula is C27H34N6O2. The standard InChI is InChI=1S/C27H34N6O2/c1-4-26(34)31-24-17-22-23(18-25(24)35-16-15-33-12-8-11-32(3)13-14-33)28-19-29-27(22)30-20(2)21-9-6-5-7-10-21/h4-7,9-10,17-20H,1,8,11-16H2,2-3H3,(H,31,34)(H,28,29,30)/t20-/m1/s1. The first-order chi connectivity index (χ1) is 17.0. The molecule has 2 N–H and O–H groups in total. The molecule has 0 aliphatic carbocycles. The second-order valence-electron chi connectivity index (χ2n) is 8.90. The minimum absolute atomic E-state index is 0.0455. The highest BCUT2D eigenvalue weighted by molar-refractivity contribution is 6.03. The Balaban J connectivity index is 1.55. The molecule has 1 saturated heterocycles. The second-order valence-corrected chi connectivity index (χ2v) is 8.90. The number of anilines is 2. The minimum Gasteiger partial charge on any atom is -0.490 e. The summed E-state index contributed by atoms with van der Waals surface area (Å²) < 4.78 is 6.17. The highest BCUT2D eigenvalue weighted by Gasteiger charge is 2.16. The van der Waals surface area contributed by atoms with Gasteiger partial charge in [0, 0.05) is 37.1 Å². The molecule has 0 unspecified atom stereocenters. The van der Waals surface area contributed by atoms with Crippen LogP contribution in [0.3, 0.4) is 0 Å². The summed E-state index contributed by atoms with van der Waals surface area (Å²) in [5.41, 5.74) is 2.47. The number of rotatable bonds is 9. The van der Waals surface area contributed by atoms with Crippen molar-refractivity contribution in [1.82, 2.24) is 19.8 Å². The maximum Gasteiger partial charge on any atom is 0.247 e. The van der Waals surface area contributed by atoms with Gasteiger partial charge in [-0.1, -0.05) is 36.9 Å². The number of carbonyl (C=O) groups is 1. The van der Waals surface area contributed by atoms with E-state index >= 15 is 0 Å². The number of nitrogens with one attached hydrogen (secondary N) is 2. The summed E-state index contributed by atoms with van der Waals surface area (Å²) in [6, 6.07) is 14.0. The summed E-state index contributed by atoms with van der Waals surface area (Å²) in [7, 11) is 2.16. The number of benzene rings is 2. The molecule has 1 aliphatic heterocycles. The van der Waals surface area contributed by atoms with Crippen molar-refractivity contribution in [1.29, 1.82) is 0 Å². The maximum absolute atomic E-state index is 12.2. The first-order valence-electron chi connectivity index (χ1n) is 12.1. The highest BCUT2D eigenvalue weighted by Crippen LogP contribution is 2.33. The number of fused-ring (bicyclic) bond motifs is 1. The molecule has 2 aromatic carbocycles. The Morgan fingerprint density at radius 1 is 1.17 bits per heavy atom. The molecule has 0 spiro atoms. The van der Waals surface area contributed by atoms with Crippen LogP contribution >= 0.6 is 0 Å². The molecule has 4 rings (SSSR count). The highest BCUT2D eigenvalue weighted by atomic mass is 16.5. The summed E-state index contributed by atoms with van der Waals surface area (Å²) in [5, 5.41) is 7.16. The van der Waals surface area contributed by atoms with Crippen molar-refractivity contribution in [2.45, 2.75) is 19.4 Å².